The molecule has 0 bridgehead atoms. The maximum atomic E-state index is 8.53. The molecule has 5 N–H and O–H groups in total. The first-order valence-corrected chi connectivity index (χ1v) is 3.79. The summed E-state index contributed by atoms with van der Waals surface area (Å²) in [7, 11) is 0. The molecular formula is C7H17N3O. The van der Waals surface area contributed by atoms with Crippen LogP contribution in [0.4, 0.5) is 0 Å². The van der Waals surface area contributed by atoms with Gasteiger partial charge in [-0.25, -0.2) is 5.84 Å². The lowest BCUT2D eigenvalue weighted by molar-refractivity contribution is 0.318. The highest BCUT2D eigenvalue weighted by atomic mass is 16.3. The minimum absolute atomic E-state index is 0.139. The van der Waals surface area contributed by atoms with Crippen LogP contribution in [-0.4, -0.2) is 23.3 Å². The summed E-state index contributed by atoms with van der Waals surface area (Å²) in [5.74, 6) is 5.50. The lowest BCUT2D eigenvalue weighted by Crippen LogP contribution is -2.28. The Balaban J connectivity index is 3.57. The topological polar surface area (TPSA) is 75.5 Å². The molecule has 0 aliphatic carbocycles. The quantitative estimate of drug-likeness (QED) is 0.382. The van der Waals surface area contributed by atoms with Crippen molar-refractivity contribution in [2.24, 2.45) is 11.6 Å². The van der Waals surface area contributed by atoms with Gasteiger partial charge in [-0.15, -0.1) is 0 Å². The molecule has 4 heteroatoms. The standard InChI is InChI=1S/C7H17N3O/c1-2-3-4-10(9)5-7(8)6-11/h5,11H,2-4,6,8-9H2,1H3/b7-5-. The molecule has 0 spiro atoms. The number of hydrogen-bond donors (Lipinski definition) is 3. The summed E-state index contributed by atoms with van der Waals surface area (Å²) >= 11 is 0. The Labute approximate surface area is 67.4 Å². The van der Waals surface area contributed by atoms with Crippen LogP contribution < -0.4 is 11.6 Å². The Bertz CT molecular complexity index is 125. The van der Waals surface area contributed by atoms with Crippen LogP contribution in [0.15, 0.2) is 11.9 Å². The summed E-state index contributed by atoms with van der Waals surface area (Å²) in [6, 6.07) is 0. The lowest BCUT2D eigenvalue weighted by atomic mass is 10.3. The highest BCUT2D eigenvalue weighted by Gasteiger charge is 1.92. The number of nitrogens with two attached hydrogens (primary N) is 2. The average molecular weight is 159 g/mol. The predicted molar refractivity (Wildman–Crippen MR) is 45.2 cm³/mol. The van der Waals surface area contributed by atoms with Crippen molar-refractivity contribution < 1.29 is 5.11 Å². The minimum atomic E-state index is -0.139. The summed E-state index contributed by atoms with van der Waals surface area (Å²) in [6.07, 6.45) is 3.68. The molecule has 0 saturated carbocycles. The van der Waals surface area contributed by atoms with E-state index in [-0.39, 0.29) is 6.61 Å². The SMILES string of the molecule is CCCCN(N)/C=C(\N)CO. The molecule has 0 saturated heterocycles. The number of aliphatic hydroxyl groups is 1. The van der Waals surface area contributed by atoms with Crippen molar-refractivity contribution in [3.05, 3.63) is 11.9 Å². The smallest absolute Gasteiger partial charge is 0.0840 e. The van der Waals surface area contributed by atoms with E-state index < -0.39 is 0 Å². The molecule has 0 radical (unpaired) electrons. The third-order valence-corrected chi connectivity index (χ3v) is 1.28. The van der Waals surface area contributed by atoms with Gasteiger partial charge in [0.05, 0.1) is 12.3 Å². The molecule has 0 aliphatic heterocycles. The molecule has 11 heavy (non-hydrogen) atoms. The minimum Gasteiger partial charge on any atom is -0.399 e. The first-order valence-electron chi connectivity index (χ1n) is 3.79. The maximum Gasteiger partial charge on any atom is 0.0840 e. The number of rotatable bonds is 5. The van der Waals surface area contributed by atoms with Crippen molar-refractivity contribution in [2.75, 3.05) is 13.2 Å². The molecule has 4 nitrogen and oxygen atoms in total. The number of hydrazine groups is 1. The second-order valence-corrected chi connectivity index (χ2v) is 2.45. The van der Waals surface area contributed by atoms with Gasteiger partial charge in [0.15, 0.2) is 0 Å². The van der Waals surface area contributed by atoms with Crippen LogP contribution >= 0.6 is 0 Å². The van der Waals surface area contributed by atoms with Crippen LogP contribution in [0.25, 0.3) is 0 Å². The summed E-state index contributed by atoms with van der Waals surface area (Å²) in [6.45, 7) is 2.73. The fourth-order valence-corrected chi connectivity index (χ4v) is 0.659. The Hall–Kier alpha value is -0.740. The van der Waals surface area contributed by atoms with Crippen molar-refractivity contribution >= 4 is 0 Å². The Morgan fingerprint density at radius 1 is 1.64 bits per heavy atom. The summed E-state index contributed by atoms with van der Waals surface area (Å²) in [5.41, 5.74) is 5.73. The van der Waals surface area contributed by atoms with Crippen molar-refractivity contribution in [2.45, 2.75) is 19.8 Å². The molecule has 0 rings (SSSR count). The zero-order valence-corrected chi connectivity index (χ0v) is 6.95. The molecule has 0 unspecified atom stereocenters. The summed E-state index contributed by atoms with van der Waals surface area (Å²) in [5, 5.41) is 10.0. The van der Waals surface area contributed by atoms with Crippen LogP contribution in [0.5, 0.6) is 0 Å². The van der Waals surface area contributed by atoms with E-state index in [1.807, 2.05) is 0 Å². The van der Waals surface area contributed by atoms with Crippen LogP contribution in [-0.2, 0) is 0 Å². The number of aliphatic hydroxyl groups excluding tert-OH is 1. The zero-order chi connectivity index (χ0) is 8.69. The molecule has 66 valence electrons. The van der Waals surface area contributed by atoms with Crippen LogP contribution in [0.2, 0.25) is 0 Å². The molecule has 0 amide bonds. The van der Waals surface area contributed by atoms with E-state index in [9.17, 15) is 0 Å². The van der Waals surface area contributed by atoms with Gasteiger partial charge >= 0.3 is 0 Å². The van der Waals surface area contributed by atoms with Gasteiger partial charge in [0.2, 0.25) is 0 Å². The van der Waals surface area contributed by atoms with Gasteiger partial charge in [-0.3, -0.25) is 0 Å². The normalized spacial score (nSPS) is 11.7. The second kappa shape index (κ2) is 6.00. The highest BCUT2D eigenvalue weighted by Crippen LogP contribution is 1.91. The zero-order valence-electron chi connectivity index (χ0n) is 6.95. The first-order chi connectivity index (χ1) is 5.20. The van der Waals surface area contributed by atoms with E-state index in [4.69, 9.17) is 16.7 Å². The Morgan fingerprint density at radius 2 is 2.27 bits per heavy atom. The maximum absolute atomic E-state index is 8.53. The fourth-order valence-electron chi connectivity index (χ4n) is 0.659. The molecule has 0 aromatic carbocycles. The van der Waals surface area contributed by atoms with E-state index in [1.165, 1.54) is 5.01 Å². The molecule has 0 aromatic heterocycles. The molecule has 0 aliphatic rings. The Kier molecular flexibility index (Phi) is 5.60. The molecule has 0 atom stereocenters. The van der Waals surface area contributed by atoms with Crippen molar-refractivity contribution in [1.29, 1.82) is 0 Å². The van der Waals surface area contributed by atoms with Crippen molar-refractivity contribution in [3.63, 3.8) is 0 Å². The third kappa shape index (κ3) is 5.69. The van der Waals surface area contributed by atoms with Gasteiger partial charge in [-0.05, 0) is 6.42 Å². The van der Waals surface area contributed by atoms with Gasteiger partial charge in [-0.1, -0.05) is 13.3 Å². The molecule has 0 fully saturated rings. The van der Waals surface area contributed by atoms with Crippen LogP contribution in [0, 0.1) is 0 Å². The average Bonchev–Trinajstić information content (AvgIpc) is 2.00. The van der Waals surface area contributed by atoms with Gasteiger partial charge in [0.1, 0.15) is 0 Å². The van der Waals surface area contributed by atoms with Gasteiger partial charge in [0, 0.05) is 12.7 Å². The fraction of sp³-hybridized carbons (Fsp3) is 0.714. The van der Waals surface area contributed by atoms with Gasteiger partial charge < -0.3 is 15.8 Å². The predicted octanol–water partition coefficient (Wildman–Crippen LogP) is -0.245. The van der Waals surface area contributed by atoms with E-state index in [2.05, 4.69) is 6.92 Å². The Morgan fingerprint density at radius 3 is 2.73 bits per heavy atom. The first kappa shape index (κ1) is 10.3. The van der Waals surface area contributed by atoms with E-state index in [0.29, 0.717) is 5.70 Å². The number of nitrogens with zero attached hydrogens (tertiary/aromatic N) is 1. The van der Waals surface area contributed by atoms with Crippen molar-refractivity contribution in [1.82, 2.24) is 5.01 Å². The highest BCUT2D eigenvalue weighted by molar-refractivity contribution is 4.94. The van der Waals surface area contributed by atoms with E-state index in [1.54, 1.807) is 6.20 Å². The lowest BCUT2D eigenvalue weighted by Gasteiger charge is -2.13. The van der Waals surface area contributed by atoms with Crippen molar-refractivity contribution in [3.8, 4) is 0 Å². The molecule has 0 heterocycles. The number of hydrogen-bond acceptors (Lipinski definition) is 4. The van der Waals surface area contributed by atoms with E-state index in [0.717, 1.165) is 19.4 Å². The second-order valence-electron chi connectivity index (χ2n) is 2.45. The monoisotopic (exact) mass is 159 g/mol. The van der Waals surface area contributed by atoms with Gasteiger partial charge in [0.25, 0.3) is 0 Å². The van der Waals surface area contributed by atoms with Gasteiger partial charge in [-0.2, -0.15) is 0 Å². The number of unbranched alkanes of at least 4 members (excludes halogenated alkanes) is 1. The molecular weight excluding hydrogens is 142 g/mol. The molecule has 0 aromatic rings. The third-order valence-electron chi connectivity index (χ3n) is 1.28. The van der Waals surface area contributed by atoms with Crippen LogP contribution in [0.1, 0.15) is 19.8 Å². The summed E-state index contributed by atoms with van der Waals surface area (Å²) in [4.78, 5) is 0. The van der Waals surface area contributed by atoms with E-state index >= 15 is 0 Å². The largest absolute Gasteiger partial charge is 0.399 e. The van der Waals surface area contributed by atoms with Crippen LogP contribution in [0.3, 0.4) is 0 Å². The summed E-state index contributed by atoms with van der Waals surface area (Å²) < 4.78 is 0.